The fraction of sp³-hybridized carbons (Fsp3) is 0.500. The fourth-order valence-corrected chi connectivity index (χ4v) is 2.72. The van der Waals surface area contributed by atoms with Crippen molar-refractivity contribution < 1.29 is 5.11 Å². The van der Waals surface area contributed by atoms with Crippen LogP contribution in [0.1, 0.15) is 24.3 Å². The average molecular weight is 223 g/mol. The Bertz CT molecular complexity index is 320. The van der Waals surface area contributed by atoms with Gasteiger partial charge in [-0.2, -0.15) is 0 Å². The number of hydrogen-bond acceptors (Lipinski definition) is 3. The molecule has 0 amide bonds. The Morgan fingerprint density at radius 3 is 3.07 bits per heavy atom. The van der Waals surface area contributed by atoms with Gasteiger partial charge in [-0.05, 0) is 24.8 Å². The Kier molecular flexibility index (Phi) is 3.57. The van der Waals surface area contributed by atoms with Crippen LogP contribution in [-0.2, 0) is 0 Å². The highest BCUT2D eigenvalue weighted by molar-refractivity contribution is 7.10. The zero-order valence-electron chi connectivity index (χ0n) is 8.89. The molecule has 1 aromatic rings. The molecule has 3 atom stereocenters. The van der Waals surface area contributed by atoms with Crippen LogP contribution < -0.4 is 5.32 Å². The van der Waals surface area contributed by atoms with Gasteiger partial charge in [0.15, 0.2) is 0 Å². The van der Waals surface area contributed by atoms with Gasteiger partial charge in [-0.3, -0.25) is 0 Å². The predicted molar refractivity (Wildman–Crippen MR) is 64.0 cm³/mol. The van der Waals surface area contributed by atoms with Gasteiger partial charge in [-0.15, -0.1) is 11.3 Å². The Hall–Kier alpha value is -0.640. The van der Waals surface area contributed by atoms with Crippen LogP contribution in [0.3, 0.4) is 0 Å². The molecule has 2 rings (SSSR count). The summed E-state index contributed by atoms with van der Waals surface area (Å²) in [5.41, 5.74) is 0. The lowest BCUT2D eigenvalue weighted by Crippen LogP contribution is -2.28. The average Bonchev–Trinajstić information content (AvgIpc) is 2.87. The molecule has 0 fully saturated rings. The Labute approximate surface area is 94.6 Å². The minimum absolute atomic E-state index is 0.266. The van der Waals surface area contributed by atoms with Crippen molar-refractivity contribution in [2.45, 2.75) is 25.4 Å². The van der Waals surface area contributed by atoms with E-state index < -0.39 is 0 Å². The molecular weight excluding hydrogens is 206 g/mol. The molecule has 3 heteroatoms. The molecule has 0 unspecified atom stereocenters. The van der Waals surface area contributed by atoms with Gasteiger partial charge in [0.05, 0.1) is 0 Å². The summed E-state index contributed by atoms with van der Waals surface area (Å²) in [5.74, 6) is 0.345. The van der Waals surface area contributed by atoms with Gasteiger partial charge in [0.2, 0.25) is 0 Å². The van der Waals surface area contributed by atoms with Gasteiger partial charge in [-0.1, -0.05) is 18.2 Å². The van der Waals surface area contributed by atoms with Crippen LogP contribution in [0.2, 0.25) is 0 Å². The maximum absolute atomic E-state index is 9.02. The van der Waals surface area contributed by atoms with Crippen molar-refractivity contribution in [1.29, 1.82) is 0 Å². The van der Waals surface area contributed by atoms with E-state index in [9.17, 15) is 0 Å². The zero-order chi connectivity index (χ0) is 10.7. The number of aliphatic hydroxyl groups is 1. The van der Waals surface area contributed by atoms with Gasteiger partial charge in [0.25, 0.3) is 0 Å². The maximum atomic E-state index is 9.02. The summed E-state index contributed by atoms with van der Waals surface area (Å²) < 4.78 is 0. The molecule has 1 aliphatic carbocycles. The first kappa shape index (κ1) is 10.9. The molecule has 0 aromatic carbocycles. The van der Waals surface area contributed by atoms with E-state index in [4.69, 9.17) is 5.11 Å². The second-order valence-electron chi connectivity index (χ2n) is 4.07. The van der Waals surface area contributed by atoms with Gasteiger partial charge in [0.1, 0.15) is 0 Å². The largest absolute Gasteiger partial charge is 0.396 e. The summed E-state index contributed by atoms with van der Waals surface area (Å²) in [7, 11) is 0. The predicted octanol–water partition coefficient (Wildman–Crippen LogP) is 2.34. The third-order valence-corrected chi connectivity index (χ3v) is 3.90. The van der Waals surface area contributed by atoms with Gasteiger partial charge in [-0.25, -0.2) is 0 Å². The number of rotatable bonds is 4. The van der Waals surface area contributed by atoms with Crippen LogP contribution in [0.15, 0.2) is 29.7 Å². The third-order valence-electron chi connectivity index (χ3n) is 2.84. The van der Waals surface area contributed by atoms with Crippen molar-refractivity contribution >= 4 is 11.3 Å². The van der Waals surface area contributed by atoms with E-state index in [0.29, 0.717) is 18.0 Å². The Morgan fingerprint density at radius 2 is 2.47 bits per heavy atom. The van der Waals surface area contributed by atoms with Crippen molar-refractivity contribution in [3.8, 4) is 0 Å². The molecule has 1 aliphatic rings. The van der Waals surface area contributed by atoms with Crippen molar-refractivity contribution in [3.05, 3.63) is 34.5 Å². The second kappa shape index (κ2) is 4.92. The van der Waals surface area contributed by atoms with Crippen molar-refractivity contribution in [3.63, 3.8) is 0 Å². The van der Waals surface area contributed by atoms with Crippen molar-refractivity contribution in [2.75, 3.05) is 6.61 Å². The lowest BCUT2D eigenvalue weighted by molar-refractivity contribution is 0.245. The molecule has 0 saturated heterocycles. The first-order valence-electron chi connectivity index (χ1n) is 5.38. The Balaban J connectivity index is 1.86. The topological polar surface area (TPSA) is 32.3 Å². The normalized spacial score (nSPS) is 27.1. The first-order valence-corrected chi connectivity index (χ1v) is 6.26. The summed E-state index contributed by atoms with van der Waals surface area (Å²) in [6.07, 6.45) is 5.30. The lowest BCUT2D eigenvalue weighted by Gasteiger charge is -2.18. The number of aliphatic hydroxyl groups excluding tert-OH is 1. The van der Waals surface area contributed by atoms with E-state index >= 15 is 0 Å². The monoisotopic (exact) mass is 223 g/mol. The van der Waals surface area contributed by atoms with Gasteiger partial charge < -0.3 is 10.4 Å². The van der Waals surface area contributed by atoms with E-state index in [1.807, 2.05) is 0 Å². The highest BCUT2D eigenvalue weighted by Crippen LogP contribution is 2.23. The molecule has 0 saturated carbocycles. The summed E-state index contributed by atoms with van der Waals surface area (Å²) in [5, 5.41) is 14.7. The molecule has 0 spiro atoms. The standard InChI is InChI=1S/C12H17NOS/c1-9(12-3-2-6-15-12)13-11-5-4-10(7-11)8-14/h2-6,9-11,13-14H,7-8H2,1H3/t9-,10-,11+/m0/s1. The van der Waals surface area contributed by atoms with Crippen LogP contribution in [0.25, 0.3) is 0 Å². The quantitative estimate of drug-likeness (QED) is 0.768. The molecule has 2 N–H and O–H groups in total. The van der Waals surface area contributed by atoms with E-state index in [-0.39, 0.29) is 6.61 Å². The number of hydrogen-bond donors (Lipinski definition) is 2. The molecule has 82 valence electrons. The van der Waals surface area contributed by atoms with Gasteiger partial charge >= 0.3 is 0 Å². The van der Waals surface area contributed by atoms with Crippen LogP contribution in [0.4, 0.5) is 0 Å². The fourth-order valence-electron chi connectivity index (χ4n) is 1.97. The molecule has 2 nitrogen and oxygen atoms in total. The van der Waals surface area contributed by atoms with Crippen LogP contribution in [-0.4, -0.2) is 17.8 Å². The summed E-state index contributed by atoms with van der Waals surface area (Å²) in [6, 6.07) is 5.06. The molecular formula is C12H17NOS. The number of thiophene rings is 1. The molecule has 1 heterocycles. The highest BCUT2D eigenvalue weighted by Gasteiger charge is 2.19. The molecule has 15 heavy (non-hydrogen) atoms. The maximum Gasteiger partial charge on any atom is 0.0494 e. The van der Waals surface area contributed by atoms with Crippen molar-refractivity contribution in [1.82, 2.24) is 5.32 Å². The second-order valence-corrected chi connectivity index (χ2v) is 5.05. The lowest BCUT2D eigenvalue weighted by atomic mass is 10.1. The van der Waals surface area contributed by atoms with Crippen LogP contribution in [0.5, 0.6) is 0 Å². The third kappa shape index (κ3) is 2.68. The summed E-state index contributed by atoms with van der Waals surface area (Å²) in [4.78, 5) is 1.37. The van der Waals surface area contributed by atoms with Crippen LogP contribution >= 0.6 is 11.3 Å². The first-order chi connectivity index (χ1) is 7.29. The highest BCUT2D eigenvalue weighted by atomic mass is 32.1. The Morgan fingerprint density at radius 1 is 1.60 bits per heavy atom. The molecule has 0 aliphatic heterocycles. The smallest absolute Gasteiger partial charge is 0.0494 e. The summed E-state index contributed by atoms with van der Waals surface area (Å²) >= 11 is 1.78. The molecule has 0 bridgehead atoms. The van der Waals surface area contributed by atoms with E-state index in [2.05, 4.69) is 41.9 Å². The van der Waals surface area contributed by atoms with Crippen molar-refractivity contribution in [2.24, 2.45) is 5.92 Å². The zero-order valence-corrected chi connectivity index (χ0v) is 9.70. The van der Waals surface area contributed by atoms with Crippen LogP contribution in [0, 0.1) is 5.92 Å². The number of nitrogens with one attached hydrogen (secondary N) is 1. The van der Waals surface area contributed by atoms with E-state index in [1.165, 1.54) is 4.88 Å². The summed E-state index contributed by atoms with van der Waals surface area (Å²) in [6.45, 7) is 2.45. The minimum Gasteiger partial charge on any atom is -0.396 e. The van der Waals surface area contributed by atoms with Gasteiger partial charge in [0, 0.05) is 29.5 Å². The van der Waals surface area contributed by atoms with E-state index in [1.54, 1.807) is 11.3 Å². The van der Waals surface area contributed by atoms with E-state index in [0.717, 1.165) is 6.42 Å². The molecule has 1 aromatic heterocycles. The molecule has 0 radical (unpaired) electrons. The minimum atomic E-state index is 0.266. The SMILES string of the molecule is C[C@H](N[C@@H]1C=C[C@H](CO)C1)c1cccs1.